The average Bonchev–Trinajstić information content (AvgIpc) is 2.01. The highest BCUT2D eigenvalue weighted by atomic mass is 19.1. The fourth-order valence-corrected chi connectivity index (χ4v) is 0.859. The van der Waals surface area contributed by atoms with Crippen molar-refractivity contribution in [3.63, 3.8) is 0 Å². The second kappa shape index (κ2) is 3.30. The van der Waals surface area contributed by atoms with Crippen LogP contribution in [0.15, 0.2) is 17.2 Å². The van der Waals surface area contributed by atoms with Gasteiger partial charge in [-0.25, -0.2) is 8.78 Å². The van der Waals surface area contributed by atoms with Crippen LogP contribution in [0.2, 0.25) is 0 Å². The van der Waals surface area contributed by atoms with Crippen molar-refractivity contribution in [2.75, 3.05) is 0 Å². The summed E-state index contributed by atoms with van der Waals surface area (Å²) in [6.45, 7) is 1.54. The topological polar surface area (TPSA) is 38.4 Å². The first-order valence-electron chi connectivity index (χ1n) is 3.34. The molecule has 64 valence electrons. The van der Waals surface area contributed by atoms with Crippen molar-refractivity contribution in [3.05, 3.63) is 34.9 Å². The Bertz CT molecular complexity index is 321. The van der Waals surface area contributed by atoms with Crippen LogP contribution in [-0.4, -0.2) is 6.21 Å². The van der Waals surface area contributed by atoms with Gasteiger partial charge in [0.25, 0.3) is 0 Å². The van der Waals surface area contributed by atoms with E-state index in [0.29, 0.717) is 5.56 Å². The molecule has 0 aromatic heterocycles. The molecule has 2 N–H and O–H groups in total. The third kappa shape index (κ3) is 1.58. The Balaban J connectivity index is 3.23. The van der Waals surface area contributed by atoms with E-state index in [2.05, 4.69) is 5.10 Å². The summed E-state index contributed by atoms with van der Waals surface area (Å²) in [5, 5.41) is 3.15. The van der Waals surface area contributed by atoms with Gasteiger partial charge in [0, 0.05) is 11.6 Å². The molecule has 1 aromatic rings. The zero-order valence-electron chi connectivity index (χ0n) is 6.51. The molecule has 0 amide bonds. The molecular formula is C8H8F2N2. The van der Waals surface area contributed by atoms with E-state index in [1.54, 1.807) is 6.92 Å². The zero-order valence-corrected chi connectivity index (χ0v) is 6.51. The van der Waals surface area contributed by atoms with Crippen molar-refractivity contribution >= 4 is 6.21 Å². The molecule has 0 heterocycles. The maximum atomic E-state index is 12.8. The zero-order chi connectivity index (χ0) is 9.14. The molecule has 0 bridgehead atoms. The Morgan fingerprint density at radius 1 is 1.33 bits per heavy atom. The standard InChI is InChI=1S/C8H8F2N2/c1-5-2-6(4-12-11)8(10)3-7(5)9/h2-4H,11H2,1H3. The van der Waals surface area contributed by atoms with Crippen LogP contribution in [0.25, 0.3) is 0 Å². The Morgan fingerprint density at radius 2 is 2.00 bits per heavy atom. The number of rotatable bonds is 1. The van der Waals surface area contributed by atoms with E-state index >= 15 is 0 Å². The SMILES string of the molecule is Cc1cc(C=NN)c(F)cc1F. The normalized spacial score (nSPS) is 10.9. The van der Waals surface area contributed by atoms with Crippen LogP contribution in [0.1, 0.15) is 11.1 Å². The van der Waals surface area contributed by atoms with Gasteiger partial charge in [0.05, 0.1) is 6.21 Å². The van der Waals surface area contributed by atoms with Crippen LogP contribution in [0.5, 0.6) is 0 Å². The maximum Gasteiger partial charge on any atom is 0.134 e. The second-order valence-corrected chi connectivity index (χ2v) is 2.40. The van der Waals surface area contributed by atoms with E-state index in [1.165, 1.54) is 6.07 Å². The highest BCUT2D eigenvalue weighted by molar-refractivity contribution is 5.79. The molecule has 0 radical (unpaired) electrons. The van der Waals surface area contributed by atoms with E-state index < -0.39 is 11.6 Å². The summed E-state index contributed by atoms with van der Waals surface area (Å²) in [4.78, 5) is 0. The number of hydrogen-bond donors (Lipinski definition) is 1. The number of benzene rings is 1. The summed E-state index contributed by atoms with van der Waals surface area (Å²) in [5.74, 6) is 3.60. The minimum absolute atomic E-state index is 0.191. The van der Waals surface area contributed by atoms with E-state index in [-0.39, 0.29) is 5.56 Å². The number of nitrogens with zero attached hydrogens (tertiary/aromatic N) is 1. The Labute approximate surface area is 68.7 Å². The predicted molar refractivity (Wildman–Crippen MR) is 42.9 cm³/mol. The van der Waals surface area contributed by atoms with Gasteiger partial charge >= 0.3 is 0 Å². The summed E-state index contributed by atoms with van der Waals surface area (Å²) < 4.78 is 25.5. The maximum absolute atomic E-state index is 12.8. The lowest BCUT2D eigenvalue weighted by Crippen LogP contribution is -1.94. The molecule has 0 unspecified atom stereocenters. The van der Waals surface area contributed by atoms with Gasteiger partial charge in [-0.3, -0.25) is 0 Å². The molecule has 0 saturated heterocycles. The number of hydrazone groups is 1. The van der Waals surface area contributed by atoms with Gasteiger partial charge in [0.15, 0.2) is 0 Å². The van der Waals surface area contributed by atoms with Crippen LogP contribution in [-0.2, 0) is 0 Å². The highest BCUT2D eigenvalue weighted by Crippen LogP contribution is 2.12. The Morgan fingerprint density at radius 3 is 2.58 bits per heavy atom. The van der Waals surface area contributed by atoms with Crippen LogP contribution >= 0.6 is 0 Å². The second-order valence-electron chi connectivity index (χ2n) is 2.40. The van der Waals surface area contributed by atoms with Crippen molar-refractivity contribution in [1.29, 1.82) is 0 Å². The quantitative estimate of drug-likeness (QED) is 0.387. The van der Waals surface area contributed by atoms with Crippen molar-refractivity contribution in [3.8, 4) is 0 Å². The van der Waals surface area contributed by atoms with Crippen LogP contribution in [0.3, 0.4) is 0 Å². The molecule has 0 fully saturated rings. The Hall–Kier alpha value is -1.45. The summed E-state index contributed by atoms with van der Waals surface area (Å²) in [7, 11) is 0. The van der Waals surface area contributed by atoms with E-state index in [4.69, 9.17) is 5.84 Å². The minimum Gasteiger partial charge on any atom is -0.323 e. The summed E-state index contributed by atoms with van der Waals surface area (Å²) in [6, 6.07) is 2.16. The first-order chi connectivity index (χ1) is 5.65. The summed E-state index contributed by atoms with van der Waals surface area (Å²) in [6.07, 6.45) is 1.14. The molecule has 0 aliphatic rings. The van der Waals surface area contributed by atoms with Gasteiger partial charge in [-0.05, 0) is 18.6 Å². The number of aryl methyl sites for hydroxylation is 1. The largest absolute Gasteiger partial charge is 0.323 e. The lowest BCUT2D eigenvalue weighted by Gasteiger charge is -1.99. The van der Waals surface area contributed by atoms with Crippen molar-refractivity contribution in [1.82, 2.24) is 0 Å². The Kier molecular flexibility index (Phi) is 2.38. The molecule has 0 aliphatic heterocycles. The van der Waals surface area contributed by atoms with E-state index in [0.717, 1.165) is 12.3 Å². The van der Waals surface area contributed by atoms with Gasteiger partial charge < -0.3 is 5.84 Å². The number of halogens is 2. The molecule has 12 heavy (non-hydrogen) atoms. The first kappa shape index (κ1) is 8.64. The lowest BCUT2D eigenvalue weighted by atomic mass is 10.1. The third-order valence-corrected chi connectivity index (χ3v) is 1.49. The van der Waals surface area contributed by atoms with Crippen molar-refractivity contribution in [2.24, 2.45) is 10.9 Å². The van der Waals surface area contributed by atoms with Crippen LogP contribution in [0, 0.1) is 18.6 Å². The minimum atomic E-state index is -0.660. The fraction of sp³-hybridized carbons (Fsp3) is 0.125. The fourth-order valence-electron chi connectivity index (χ4n) is 0.859. The molecule has 0 aliphatic carbocycles. The molecule has 0 atom stereocenters. The lowest BCUT2D eigenvalue weighted by molar-refractivity contribution is 0.576. The van der Waals surface area contributed by atoms with Gasteiger partial charge in [0.1, 0.15) is 11.6 Å². The van der Waals surface area contributed by atoms with Gasteiger partial charge in [-0.2, -0.15) is 5.10 Å². The molecule has 2 nitrogen and oxygen atoms in total. The average molecular weight is 170 g/mol. The monoisotopic (exact) mass is 170 g/mol. The molecule has 1 aromatic carbocycles. The van der Waals surface area contributed by atoms with Crippen LogP contribution < -0.4 is 5.84 Å². The van der Waals surface area contributed by atoms with Gasteiger partial charge in [0.2, 0.25) is 0 Å². The van der Waals surface area contributed by atoms with Crippen LogP contribution in [0.4, 0.5) is 8.78 Å². The highest BCUT2D eigenvalue weighted by Gasteiger charge is 2.04. The first-order valence-corrected chi connectivity index (χ1v) is 3.34. The summed E-state index contributed by atoms with van der Waals surface area (Å²) in [5.41, 5.74) is 0.558. The third-order valence-electron chi connectivity index (χ3n) is 1.49. The molecule has 1 rings (SSSR count). The predicted octanol–water partition coefficient (Wildman–Crippen LogP) is 1.57. The van der Waals surface area contributed by atoms with Gasteiger partial charge in [-0.15, -0.1) is 0 Å². The smallest absolute Gasteiger partial charge is 0.134 e. The molecular weight excluding hydrogens is 162 g/mol. The van der Waals surface area contributed by atoms with Crippen molar-refractivity contribution < 1.29 is 8.78 Å². The van der Waals surface area contributed by atoms with Gasteiger partial charge in [-0.1, -0.05) is 0 Å². The number of hydrogen-bond acceptors (Lipinski definition) is 2. The number of nitrogens with two attached hydrogens (primary N) is 1. The molecule has 0 spiro atoms. The molecule has 4 heteroatoms. The molecule has 0 saturated carbocycles. The summed E-state index contributed by atoms with van der Waals surface area (Å²) >= 11 is 0. The van der Waals surface area contributed by atoms with E-state index in [9.17, 15) is 8.78 Å². The van der Waals surface area contributed by atoms with E-state index in [1.807, 2.05) is 0 Å². The van der Waals surface area contributed by atoms with Crippen molar-refractivity contribution in [2.45, 2.75) is 6.92 Å².